The van der Waals surface area contributed by atoms with E-state index in [0.717, 1.165) is 21.9 Å². The van der Waals surface area contributed by atoms with Gasteiger partial charge in [0.25, 0.3) is 0 Å². The predicted octanol–water partition coefficient (Wildman–Crippen LogP) is 4.92. The molecule has 3 rings (SSSR count). The van der Waals surface area contributed by atoms with Gasteiger partial charge in [0.1, 0.15) is 11.8 Å². The van der Waals surface area contributed by atoms with E-state index < -0.39 is 29.4 Å². The maximum atomic E-state index is 13.4. The smallest absolute Gasteiger partial charge is 0.244 e. The number of hydroxylamine groups is 1. The molecule has 0 unspecified atom stereocenters. The quantitative estimate of drug-likeness (QED) is 0.235. The summed E-state index contributed by atoms with van der Waals surface area (Å²) in [5.74, 6) is -2.37. The van der Waals surface area contributed by atoms with E-state index in [1.165, 1.54) is 7.11 Å². The Hall–Kier alpha value is -3.88. The Morgan fingerprint density at radius 1 is 0.810 bits per heavy atom. The Labute approximate surface area is 248 Å². The Balaban J connectivity index is 1.67. The predicted molar refractivity (Wildman–Crippen MR) is 163 cm³/mol. The number of benzene rings is 3. The molecule has 3 aromatic rings. The molecule has 3 aromatic carbocycles. The number of hydrogen-bond acceptors (Lipinski definition) is 6. The van der Waals surface area contributed by atoms with Crippen LogP contribution in [-0.2, 0) is 41.6 Å². The van der Waals surface area contributed by atoms with Crippen molar-refractivity contribution in [3.8, 4) is 0 Å². The lowest BCUT2D eigenvalue weighted by Gasteiger charge is -2.23. The molecule has 2 N–H and O–H groups in total. The van der Waals surface area contributed by atoms with Gasteiger partial charge in [-0.25, -0.2) is 5.48 Å². The molecular weight excluding hydrogens is 532 g/mol. The molecule has 2 atom stereocenters. The fourth-order valence-corrected chi connectivity index (χ4v) is 4.65. The highest BCUT2D eigenvalue weighted by atomic mass is 16.7. The van der Waals surface area contributed by atoms with Gasteiger partial charge in [-0.1, -0.05) is 72.8 Å². The monoisotopic (exact) mass is 574 g/mol. The number of amides is 2. The second kappa shape index (κ2) is 15.9. The first-order valence-electron chi connectivity index (χ1n) is 14.4. The Kier molecular flexibility index (Phi) is 12.4. The number of ether oxygens (including phenoxy) is 1. The molecule has 0 aromatic heterocycles. The minimum atomic E-state index is -0.970. The molecule has 0 saturated carbocycles. The number of aryl methyl sites for hydroxylation is 2. The number of fused-ring (bicyclic) bond motifs is 1. The molecule has 2 amide bonds. The summed E-state index contributed by atoms with van der Waals surface area (Å²) in [6.45, 7) is 5.32. The van der Waals surface area contributed by atoms with Crippen LogP contribution in [0.3, 0.4) is 0 Å². The molecule has 0 bridgehead atoms. The lowest BCUT2D eigenvalue weighted by Crippen LogP contribution is -2.47. The fraction of sp³-hybridized carbons (Fsp3) is 0.412. The Bertz CT molecular complexity index is 1340. The van der Waals surface area contributed by atoms with Crippen molar-refractivity contribution in [2.75, 3.05) is 13.7 Å². The fourth-order valence-electron chi connectivity index (χ4n) is 4.65. The van der Waals surface area contributed by atoms with Crippen molar-refractivity contribution in [3.05, 3.63) is 83.9 Å². The van der Waals surface area contributed by atoms with E-state index in [9.17, 15) is 19.2 Å². The number of methoxy groups -OCH3 is 1. The second-order valence-corrected chi connectivity index (χ2v) is 11.5. The van der Waals surface area contributed by atoms with Crippen molar-refractivity contribution in [1.29, 1.82) is 0 Å². The average Bonchev–Trinajstić information content (AvgIpc) is 2.97. The lowest BCUT2D eigenvalue weighted by atomic mass is 9.93. The summed E-state index contributed by atoms with van der Waals surface area (Å²) < 4.78 is 5.25. The maximum absolute atomic E-state index is 13.4. The van der Waals surface area contributed by atoms with Gasteiger partial charge in [0.2, 0.25) is 11.8 Å². The molecule has 0 heterocycles. The van der Waals surface area contributed by atoms with E-state index in [2.05, 4.69) is 10.8 Å². The van der Waals surface area contributed by atoms with Crippen LogP contribution in [-0.4, -0.2) is 48.7 Å². The highest BCUT2D eigenvalue weighted by Crippen LogP contribution is 2.20. The van der Waals surface area contributed by atoms with Crippen LogP contribution in [0.4, 0.5) is 0 Å². The third kappa shape index (κ3) is 10.8. The third-order valence-corrected chi connectivity index (χ3v) is 6.84. The van der Waals surface area contributed by atoms with Crippen molar-refractivity contribution >= 4 is 34.2 Å². The summed E-state index contributed by atoms with van der Waals surface area (Å²) in [4.78, 5) is 57.6. The van der Waals surface area contributed by atoms with Crippen molar-refractivity contribution in [2.24, 2.45) is 5.92 Å². The minimum Gasteiger partial charge on any atom is -0.382 e. The van der Waals surface area contributed by atoms with E-state index in [4.69, 9.17) is 9.57 Å². The molecule has 0 aliphatic carbocycles. The number of carbonyl (C=O) groups excluding carboxylic acids is 4. The minimum absolute atomic E-state index is 0.0197. The van der Waals surface area contributed by atoms with Crippen molar-refractivity contribution in [1.82, 2.24) is 10.8 Å². The summed E-state index contributed by atoms with van der Waals surface area (Å²) in [7, 11) is 1.46. The van der Waals surface area contributed by atoms with E-state index in [1.54, 1.807) is 20.8 Å². The van der Waals surface area contributed by atoms with Gasteiger partial charge >= 0.3 is 0 Å². The Morgan fingerprint density at radius 2 is 1.50 bits per heavy atom. The second-order valence-electron chi connectivity index (χ2n) is 11.5. The first kappa shape index (κ1) is 32.6. The number of Topliss-reactive ketones (excluding diaryl/α,β-unsaturated/α-hetero) is 2. The third-order valence-electron chi connectivity index (χ3n) is 6.84. The normalized spacial score (nSPS) is 12.9. The zero-order valence-corrected chi connectivity index (χ0v) is 25.0. The largest absolute Gasteiger partial charge is 0.382 e. The molecule has 0 fully saturated rings. The zero-order chi connectivity index (χ0) is 30.5. The van der Waals surface area contributed by atoms with Crippen molar-refractivity contribution in [2.45, 2.75) is 70.9 Å². The van der Waals surface area contributed by atoms with Gasteiger partial charge in [-0.2, -0.15) is 0 Å². The first-order chi connectivity index (χ1) is 20.1. The van der Waals surface area contributed by atoms with Crippen LogP contribution in [0.2, 0.25) is 0 Å². The summed E-state index contributed by atoms with van der Waals surface area (Å²) in [5, 5.41) is 4.94. The maximum Gasteiger partial charge on any atom is 0.244 e. The van der Waals surface area contributed by atoms with Gasteiger partial charge in [0.15, 0.2) is 5.78 Å². The van der Waals surface area contributed by atoms with Gasteiger partial charge in [0, 0.05) is 32.8 Å². The number of carbonyl (C=O) groups is 4. The number of rotatable bonds is 16. The summed E-state index contributed by atoms with van der Waals surface area (Å²) in [6, 6.07) is 22.7. The van der Waals surface area contributed by atoms with Crippen LogP contribution < -0.4 is 10.8 Å². The lowest BCUT2D eigenvalue weighted by molar-refractivity contribution is -0.148. The van der Waals surface area contributed by atoms with Crippen LogP contribution in [0.15, 0.2) is 72.8 Å². The molecule has 0 radical (unpaired) electrons. The number of ketones is 2. The molecule has 0 saturated heterocycles. The molecule has 224 valence electrons. The summed E-state index contributed by atoms with van der Waals surface area (Å²) >= 11 is 0. The highest BCUT2D eigenvalue weighted by Gasteiger charge is 2.29. The molecule has 0 spiro atoms. The summed E-state index contributed by atoms with van der Waals surface area (Å²) in [5.41, 5.74) is 3.80. The SMILES string of the molecule is COC[C@H](NC(=O)[C@@H](CC(=O)CCc1ccccc1)CC(=O)NOC(C)(C)C)C(=O)CCc1cccc2ccccc12. The molecule has 8 heteroatoms. The first-order valence-corrected chi connectivity index (χ1v) is 14.4. The van der Waals surface area contributed by atoms with E-state index in [0.29, 0.717) is 12.8 Å². The summed E-state index contributed by atoms with van der Waals surface area (Å²) in [6.07, 6.45) is 1.08. The standard InChI is InChI=1S/C34H42N2O6/c1-34(2,3)42-36-32(39)22-27(21-28(37)19-17-24-11-6-5-7-12-24)33(40)35-30(23-41-4)31(38)20-18-26-15-10-14-25-13-8-9-16-29(25)26/h5-16,27,30H,17-23H2,1-4H3,(H,35,40)(H,36,39)/t27-,30-/m0/s1. The van der Waals surface area contributed by atoms with Gasteiger partial charge in [-0.3, -0.25) is 24.0 Å². The van der Waals surface area contributed by atoms with Crippen LogP contribution in [0.1, 0.15) is 57.6 Å². The molecule has 42 heavy (non-hydrogen) atoms. The van der Waals surface area contributed by atoms with E-state index in [1.807, 2.05) is 72.8 Å². The zero-order valence-electron chi connectivity index (χ0n) is 25.0. The van der Waals surface area contributed by atoms with Crippen LogP contribution >= 0.6 is 0 Å². The highest BCUT2D eigenvalue weighted by molar-refractivity contribution is 5.94. The van der Waals surface area contributed by atoms with Crippen molar-refractivity contribution < 1.29 is 28.8 Å². The van der Waals surface area contributed by atoms with E-state index in [-0.39, 0.29) is 43.9 Å². The van der Waals surface area contributed by atoms with Gasteiger partial charge in [-0.15, -0.1) is 0 Å². The molecule has 8 nitrogen and oxygen atoms in total. The Morgan fingerprint density at radius 3 is 2.21 bits per heavy atom. The molecule has 0 aliphatic heterocycles. The van der Waals surface area contributed by atoms with Crippen LogP contribution in [0.5, 0.6) is 0 Å². The average molecular weight is 575 g/mol. The van der Waals surface area contributed by atoms with Crippen LogP contribution in [0.25, 0.3) is 10.8 Å². The van der Waals surface area contributed by atoms with Gasteiger partial charge in [-0.05, 0) is 55.5 Å². The van der Waals surface area contributed by atoms with Crippen LogP contribution in [0, 0.1) is 5.92 Å². The van der Waals surface area contributed by atoms with E-state index >= 15 is 0 Å². The van der Waals surface area contributed by atoms with Gasteiger partial charge < -0.3 is 10.1 Å². The van der Waals surface area contributed by atoms with Crippen molar-refractivity contribution in [3.63, 3.8) is 0 Å². The van der Waals surface area contributed by atoms with Gasteiger partial charge in [0.05, 0.1) is 18.1 Å². The number of hydrogen-bond donors (Lipinski definition) is 2. The molecular formula is C34H42N2O6. The number of nitrogens with one attached hydrogen (secondary N) is 2. The molecule has 0 aliphatic rings. The topological polar surface area (TPSA) is 111 Å².